The van der Waals surface area contributed by atoms with Crippen LogP contribution in [-0.4, -0.2) is 44.8 Å². The summed E-state index contributed by atoms with van der Waals surface area (Å²) in [7, 11) is 3.94. The van der Waals surface area contributed by atoms with Gasteiger partial charge in [-0.2, -0.15) is 9.97 Å². The van der Waals surface area contributed by atoms with Gasteiger partial charge in [0.25, 0.3) is 5.91 Å². The van der Waals surface area contributed by atoms with Gasteiger partial charge in [0.05, 0.1) is 10.6 Å². The molecule has 3 aromatic rings. The lowest BCUT2D eigenvalue weighted by atomic mass is 10.1. The molecule has 1 N–H and O–H groups in total. The van der Waals surface area contributed by atoms with Crippen molar-refractivity contribution in [3.05, 3.63) is 64.6 Å². The van der Waals surface area contributed by atoms with Crippen molar-refractivity contribution in [2.24, 2.45) is 0 Å². The van der Waals surface area contributed by atoms with Gasteiger partial charge in [-0.3, -0.25) is 15.1 Å². The fraction of sp³-hybridized carbons (Fsp3) is 0.211. The first kappa shape index (κ1) is 18.9. The largest absolute Gasteiger partial charge is 0.305 e. The molecule has 0 spiro atoms. The number of nitrogens with zero attached hydrogens (tertiary/aromatic N) is 5. The Bertz CT molecular complexity index is 962. The zero-order chi connectivity index (χ0) is 19.4. The number of benzene rings is 1. The molecule has 0 aliphatic heterocycles. The van der Waals surface area contributed by atoms with Gasteiger partial charge in [-0.25, -0.2) is 4.98 Å². The number of halogens is 1. The van der Waals surface area contributed by atoms with Gasteiger partial charge in [0.15, 0.2) is 5.82 Å². The molecule has 0 atom stereocenters. The highest BCUT2D eigenvalue weighted by molar-refractivity contribution is 6.34. The van der Waals surface area contributed by atoms with Gasteiger partial charge in [0, 0.05) is 12.7 Å². The summed E-state index contributed by atoms with van der Waals surface area (Å²) in [6.45, 7) is 2.47. The number of aryl methyl sites for hydroxylation is 1. The SMILES string of the molecule is Cc1nc(NC(=O)c2ccc(CN(C)C)cc2Cl)nc(-c2ccccn2)n1. The lowest BCUT2D eigenvalue weighted by molar-refractivity contribution is 0.102. The van der Waals surface area contributed by atoms with E-state index in [1.807, 2.05) is 37.2 Å². The topological polar surface area (TPSA) is 83.9 Å². The van der Waals surface area contributed by atoms with Crippen LogP contribution in [0.5, 0.6) is 0 Å². The number of carbonyl (C=O) groups is 1. The minimum atomic E-state index is -0.381. The van der Waals surface area contributed by atoms with E-state index >= 15 is 0 Å². The van der Waals surface area contributed by atoms with E-state index < -0.39 is 0 Å². The van der Waals surface area contributed by atoms with Crippen molar-refractivity contribution in [3.63, 3.8) is 0 Å². The normalized spacial score (nSPS) is 10.9. The molecule has 8 heteroatoms. The lowest BCUT2D eigenvalue weighted by Crippen LogP contribution is -2.16. The maximum Gasteiger partial charge on any atom is 0.259 e. The van der Waals surface area contributed by atoms with Crippen molar-refractivity contribution < 1.29 is 4.79 Å². The third kappa shape index (κ3) is 4.84. The molecule has 0 radical (unpaired) electrons. The van der Waals surface area contributed by atoms with Crippen LogP contribution in [-0.2, 0) is 6.54 Å². The Morgan fingerprint density at radius 3 is 2.63 bits per heavy atom. The fourth-order valence-corrected chi connectivity index (χ4v) is 2.81. The number of hydrogen-bond donors (Lipinski definition) is 1. The summed E-state index contributed by atoms with van der Waals surface area (Å²) in [6.07, 6.45) is 1.65. The Balaban J connectivity index is 1.83. The van der Waals surface area contributed by atoms with Crippen LogP contribution in [0.4, 0.5) is 5.95 Å². The molecule has 1 aromatic carbocycles. The average Bonchev–Trinajstić information content (AvgIpc) is 2.61. The molecule has 3 rings (SSSR count). The predicted molar refractivity (Wildman–Crippen MR) is 105 cm³/mol. The van der Waals surface area contributed by atoms with E-state index in [9.17, 15) is 4.79 Å². The zero-order valence-corrected chi connectivity index (χ0v) is 16.0. The Morgan fingerprint density at radius 2 is 1.96 bits per heavy atom. The quantitative estimate of drug-likeness (QED) is 0.729. The highest BCUT2D eigenvalue weighted by Crippen LogP contribution is 2.20. The van der Waals surface area contributed by atoms with Crippen molar-refractivity contribution in [2.75, 3.05) is 19.4 Å². The summed E-state index contributed by atoms with van der Waals surface area (Å²) in [5, 5.41) is 3.06. The molecule has 27 heavy (non-hydrogen) atoms. The first-order valence-corrected chi connectivity index (χ1v) is 8.69. The van der Waals surface area contributed by atoms with Crippen LogP contribution in [0.3, 0.4) is 0 Å². The highest BCUT2D eigenvalue weighted by Gasteiger charge is 2.14. The molecule has 0 saturated heterocycles. The summed E-state index contributed by atoms with van der Waals surface area (Å²) in [4.78, 5) is 31.6. The van der Waals surface area contributed by atoms with Crippen LogP contribution in [0.2, 0.25) is 5.02 Å². The standard InChI is InChI=1S/C19H19ClN6O/c1-12-22-17(16-6-4-5-9-21-16)24-19(23-12)25-18(27)14-8-7-13(10-15(14)20)11-26(2)3/h4-10H,11H2,1-3H3,(H,22,23,24,25,27). The van der Waals surface area contributed by atoms with Crippen molar-refractivity contribution in [1.82, 2.24) is 24.8 Å². The number of rotatable bonds is 5. The number of hydrogen-bond acceptors (Lipinski definition) is 6. The van der Waals surface area contributed by atoms with Gasteiger partial charge in [-0.1, -0.05) is 23.7 Å². The fourth-order valence-electron chi connectivity index (χ4n) is 2.52. The molecule has 0 aliphatic rings. The van der Waals surface area contributed by atoms with E-state index in [1.54, 1.807) is 31.3 Å². The lowest BCUT2D eigenvalue weighted by Gasteiger charge is -2.12. The molecule has 0 aliphatic carbocycles. The summed E-state index contributed by atoms with van der Waals surface area (Å²) in [5.74, 6) is 0.648. The van der Waals surface area contributed by atoms with Crippen molar-refractivity contribution in [1.29, 1.82) is 0 Å². The van der Waals surface area contributed by atoms with Crippen molar-refractivity contribution in [2.45, 2.75) is 13.5 Å². The van der Waals surface area contributed by atoms with Crippen molar-refractivity contribution >= 4 is 23.5 Å². The number of carbonyl (C=O) groups excluding carboxylic acids is 1. The third-order valence-corrected chi connectivity index (χ3v) is 3.96. The molecule has 0 unspecified atom stereocenters. The molecule has 1 amide bonds. The molecule has 2 heterocycles. The van der Waals surface area contributed by atoms with Gasteiger partial charge < -0.3 is 4.90 Å². The molecule has 7 nitrogen and oxygen atoms in total. The summed E-state index contributed by atoms with van der Waals surface area (Å²) in [5.41, 5.74) is 1.98. The predicted octanol–water partition coefficient (Wildman–Crippen LogP) is 3.21. The van der Waals surface area contributed by atoms with E-state index in [0.29, 0.717) is 27.9 Å². The number of anilines is 1. The maximum atomic E-state index is 12.6. The first-order chi connectivity index (χ1) is 12.9. The number of amides is 1. The Morgan fingerprint density at radius 1 is 1.15 bits per heavy atom. The van der Waals surface area contributed by atoms with Crippen LogP contribution in [0.25, 0.3) is 11.5 Å². The maximum absolute atomic E-state index is 12.6. The summed E-state index contributed by atoms with van der Waals surface area (Å²) in [6, 6.07) is 10.8. The van der Waals surface area contributed by atoms with Gasteiger partial charge >= 0.3 is 0 Å². The summed E-state index contributed by atoms with van der Waals surface area (Å²) >= 11 is 6.29. The molecule has 0 saturated carbocycles. The van der Waals surface area contributed by atoms with Gasteiger partial charge in [-0.15, -0.1) is 0 Å². The van der Waals surface area contributed by atoms with E-state index in [2.05, 4.69) is 25.3 Å². The molecular weight excluding hydrogens is 364 g/mol. The second-order valence-electron chi connectivity index (χ2n) is 6.25. The Hall–Kier alpha value is -2.90. The Kier molecular flexibility index (Phi) is 5.73. The molecule has 138 valence electrons. The Labute approximate surface area is 162 Å². The van der Waals surface area contributed by atoms with Crippen LogP contribution in [0.1, 0.15) is 21.7 Å². The minimum absolute atomic E-state index is 0.154. The van der Waals surface area contributed by atoms with Crippen molar-refractivity contribution in [3.8, 4) is 11.5 Å². The zero-order valence-electron chi connectivity index (χ0n) is 15.3. The molecule has 2 aromatic heterocycles. The number of aromatic nitrogens is 4. The van der Waals surface area contributed by atoms with E-state index in [-0.39, 0.29) is 11.9 Å². The molecule has 0 fully saturated rings. The molecule has 0 bridgehead atoms. The monoisotopic (exact) mass is 382 g/mol. The van der Waals surface area contributed by atoms with Crippen LogP contribution >= 0.6 is 11.6 Å². The van der Waals surface area contributed by atoms with Gasteiger partial charge in [-0.05, 0) is 50.8 Å². The highest BCUT2D eigenvalue weighted by atomic mass is 35.5. The smallest absolute Gasteiger partial charge is 0.259 e. The number of pyridine rings is 1. The second kappa shape index (κ2) is 8.20. The second-order valence-corrected chi connectivity index (χ2v) is 6.66. The third-order valence-electron chi connectivity index (χ3n) is 3.64. The van der Waals surface area contributed by atoms with Crippen LogP contribution < -0.4 is 5.32 Å². The van der Waals surface area contributed by atoms with Gasteiger partial charge in [0.2, 0.25) is 5.95 Å². The first-order valence-electron chi connectivity index (χ1n) is 8.31. The molecular formula is C19H19ClN6O. The van der Waals surface area contributed by atoms with Crippen LogP contribution in [0.15, 0.2) is 42.6 Å². The minimum Gasteiger partial charge on any atom is -0.305 e. The van der Waals surface area contributed by atoms with Gasteiger partial charge in [0.1, 0.15) is 11.5 Å². The van der Waals surface area contributed by atoms with E-state index in [4.69, 9.17) is 11.6 Å². The number of nitrogens with one attached hydrogen (secondary N) is 1. The van der Waals surface area contributed by atoms with Crippen LogP contribution in [0, 0.1) is 6.92 Å². The average molecular weight is 383 g/mol. The van der Waals surface area contributed by atoms with E-state index in [1.165, 1.54) is 0 Å². The summed E-state index contributed by atoms with van der Waals surface area (Å²) < 4.78 is 0. The van der Waals surface area contributed by atoms with E-state index in [0.717, 1.165) is 12.1 Å².